The van der Waals surface area contributed by atoms with Gasteiger partial charge in [0.15, 0.2) is 5.65 Å². The van der Waals surface area contributed by atoms with Crippen molar-refractivity contribution in [3.05, 3.63) is 70.3 Å². The van der Waals surface area contributed by atoms with Crippen molar-refractivity contribution in [2.75, 3.05) is 6.54 Å². The minimum absolute atomic E-state index is 0.136. The molecule has 0 saturated heterocycles. The number of fused-ring (bicyclic) bond motifs is 1. The molecular weight excluding hydrogens is 304 g/mol. The summed E-state index contributed by atoms with van der Waals surface area (Å²) in [6, 6.07) is 13.4. The fourth-order valence-corrected chi connectivity index (χ4v) is 2.84. The van der Waals surface area contributed by atoms with Gasteiger partial charge in [0.2, 0.25) is 0 Å². The first-order chi connectivity index (χ1) is 11.4. The summed E-state index contributed by atoms with van der Waals surface area (Å²) in [5.41, 5.74) is 1.48. The van der Waals surface area contributed by atoms with Gasteiger partial charge in [-0.05, 0) is 19.4 Å². The Hall–Kier alpha value is -2.44. The number of hydrogen-bond acceptors (Lipinski definition) is 4. The fourth-order valence-electron chi connectivity index (χ4n) is 2.84. The van der Waals surface area contributed by atoms with Crippen LogP contribution in [0.4, 0.5) is 0 Å². The maximum atomic E-state index is 12.1. The number of nitrogens with zero attached hydrogens (tertiary/aromatic N) is 3. The van der Waals surface area contributed by atoms with Gasteiger partial charge in [0.1, 0.15) is 0 Å². The molecular formula is C18H22N4O2. The smallest absolute Gasteiger partial charge is 0.272 e. The van der Waals surface area contributed by atoms with E-state index in [1.165, 1.54) is 10.6 Å². The Morgan fingerprint density at radius 2 is 1.96 bits per heavy atom. The normalized spacial score (nSPS) is 12.2. The third-order valence-electron chi connectivity index (χ3n) is 3.68. The number of aromatic nitrogens is 3. The first-order valence-electron chi connectivity index (χ1n) is 7.95. The second-order valence-corrected chi connectivity index (χ2v) is 6.68. The van der Waals surface area contributed by atoms with Crippen molar-refractivity contribution < 1.29 is 5.11 Å². The summed E-state index contributed by atoms with van der Waals surface area (Å²) in [6.07, 6.45) is 1.69. The summed E-state index contributed by atoms with van der Waals surface area (Å²) >= 11 is 0. The number of benzene rings is 1. The van der Waals surface area contributed by atoms with E-state index in [9.17, 15) is 9.90 Å². The molecule has 0 radical (unpaired) electrons. The highest BCUT2D eigenvalue weighted by atomic mass is 16.3. The van der Waals surface area contributed by atoms with Gasteiger partial charge in [-0.25, -0.2) is 9.50 Å². The Bertz CT molecular complexity index is 862. The molecule has 0 spiro atoms. The molecule has 2 heterocycles. The summed E-state index contributed by atoms with van der Waals surface area (Å²) in [7, 11) is 0. The van der Waals surface area contributed by atoms with Crippen molar-refractivity contribution in [3.63, 3.8) is 0 Å². The Balaban J connectivity index is 1.85. The number of rotatable bonds is 6. The zero-order chi connectivity index (χ0) is 17.2. The predicted molar refractivity (Wildman–Crippen MR) is 92.7 cm³/mol. The molecule has 2 N–H and O–H groups in total. The number of aliphatic hydroxyl groups is 1. The zero-order valence-electron chi connectivity index (χ0n) is 13.9. The minimum Gasteiger partial charge on any atom is -0.389 e. The highest BCUT2D eigenvalue weighted by Gasteiger charge is 2.19. The van der Waals surface area contributed by atoms with Crippen LogP contribution in [0.1, 0.15) is 25.1 Å². The Morgan fingerprint density at radius 3 is 2.67 bits per heavy atom. The van der Waals surface area contributed by atoms with Crippen LogP contribution in [0.25, 0.3) is 5.65 Å². The van der Waals surface area contributed by atoms with E-state index in [0.29, 0.717) is 31.0 Å². The molecule has 0 aliphatic carbocycles. The van der Waals surface area contributed by atoms with Crippen LogP contribution in [-0.4, -0.2) is 36.8 Å². The third kappa shape index (κ3) is 4.10. The molecule has 0 bridgehead atoms. The molecule has 2 aromatic heterocycles. The zero-order valence-corrected chi connectivity index (χ0v) is 13.9. The van der Waals surface area contributed by atoms with Gasteiger partial charge in [-0.2, -0.15) is 0 Å². The van der Waals surface area contributed by atoms with Crippen LogP contribution in [0.3, 0.4) is 0 Å². The standard InChI is InChI=1S/C18H22N4O2/c1-18(2,24)13-21(11-14-6-4-3-5-7-14)12-15-10-17(23)22-16(20-15)8-9-19-22/h3-10,19,24H,11-13H2,1-2H3. The van der Waals surface area contributed by atoms with Crippen LogP contribution in [0.15, 0.2) is 53.5 Å². The minimum atomic E-state index is -0.831. The van der Waals surface area contributed by atoms with E-state index in [1.54, 1.807) is 26.1 Å². The van der Waals surface area contributed by atoms with Gasteiger partial charge in [-0.3, -0.25) is 14.8 Å². The second-order valence-electron chi connectivity index (χ2n) is 6.68. The van der Waals surface area contributed by atoms with Crippen LogP contribution in [0.2, 0.25) is 0 Å². The maximum absolute atomic E-state index is 12.1. The summed E-state index contributed by atoms with van der Waals surface area (Å²) in [6.45, 7) is 5.22. The van der Waals surface area contributed by atoms with Gasteiger partial charge in [0.25, 0.3) is 5.56 Å². The number of H-pyrrole nitrogens is 1. The Kier molecular flexibility index (Phi) is 4.51. The molecule has 0 amide bonds. The molecule has 0 unspecified atom stereocenters. The van der Waals surface area contributed by atoms with Gasteiger partial charge < -0.3 is 5.11 Å². The van der Waals surface area contributed by atoms with Crippen LogP contribution in [0.5, 0.6) is 0 Å². The molecule has 0 saturated carbocycles. The van der Waals surface area contributed by atoms with E-state index in [1.807, 2.05) is 18.2 Å². The van der Waals surface area contributed by atoms with Gasteiger partial charge in [0, 0.05) is 38.0 Å². The number of nitrogens with one attached hydrogen (secondary N) is 1. The van der Waals surface area contributed by atoms with E-state index in [0.717, 1.165) is 5.56 Å². The van der Waals surface area contributed by atoms with Gasteiger partial charge >= 0.3 is 0 Å². The van der Waals surface area contributed by atoms with Crippen molar-refractivity contribution in [3.8, 4) is 0 Å². The Labute approximate surface area is 140 Å². The summed E-state index contributed by atoms with van der Waals surface area (Å²) < 4.78 is 1.40. The average molecular weight is 326 g/mol. The van der Waals surface area contributed by atoms with Gasteiger partial charge in [0.05, 0.1) is 11.3 Å². The first kappa shape index (κ1) is 16.4. The van der Waals surface area contributed by atoms with Crippen molar-refractivity contribution in [2.24, 2.45) is 0 Å². The molecule has 0 aliphatic rings. The van der Waals surface area contributed by atoms with Crippen molar-refractivity contribution in [1.29, 1.82) is 0 Å². The largest absolute Gasteiger partial charge is 0.389 e. The molecule has 3 aromatic rings. The Morgan fingerprint density at radius 1 is 1.21 bits per heavy atom. The average Bonchev–Trinajstić information content (AvgIpc) is 2.95. The van der Waals surface area contributed by atoms with Crippen LogP contribution in [-0.2, 0) is 13.1 Å². The first-order valence-corrected chi connectivity index (χ1v) is 7.95. The molecule has 126 valence electrons. The molecule has 24 heavy (non-hydrogen) atoms. The number of hydrogen-bond donors (Lipinski definition) is 2. The summed E-state index contributed by atoms with van der Waals surface area (Å²) in [5, 5.41) is 13.0. The monoisotopic (exact) mass is 326 g/mol. The lowest BCUT2D eigenvalue weighted by Gasteiger charge is -2.28. The second kappa shape index (κ2) is 6.59. The summed E-state index contributed by atoms with van der Waals surface area (Å²) in [4.78, 5) is 18.7. The SMILES string of the molecule is CC(C)(O)CN(Cc1ccccc1)Cc1cc(=O)n2[nH]ccc2n1. The summed E-state index contributed by atoms with van der Waals surface area (Å²) in [5.74, 6) is 0. The molecule has 1 aromatic carbocycles. The lowest BCUT2D eigenvalue weighted by atomic mass is 10.1. The highest BCUT2D eigenvalue weighted by molar-refractivity contribution is 5.36. The third-order valence-corrected chi connectivity index (χ3v) is 3.68. The highest BCUT2D eigenvalue weighted by Crippen LogP contribution is 2.13. The molecule has 3 rings (SSSR count). The van der Waals surface area contributed by atoms with Crippen molar-refractivity contribution >= 4 is 5.65 Å². The van der Waals surface area contributed by atoms with Gasteiger partial charge in [-0.15, -0.1) is 0 Å². The fraction of sp³-hybridized carbons (Fsp3) is 0.333. The van der Waals surface area contributed by atoms with E-state index in [2.05, 4.69) is 27.1 Å². The molecule has 0 aliphatic heterocycles. The quantitative estimate of drug-likeness (QED) is 0.724. The molecule has 6 heteroatoms. The lowest BCUT2D eigenvalue weighted by Crippen LogP contribution is -2.38. The van der Waals surface area contributed by atoms with Crippen molar-refractivity contribution in [1.82, 2.24) is 19.5 Å². The predicted octanol–water partition coefficient (Wildman–Crippen LogP) is 1.80. The lowest BCUT2D eigenvalue weighted by molar-refractivity contribution is 0.0303. The van der Waals surface area contributed by atoms with Crippen molar-refractivity contribution in [2.45, 2.75) is 32.5 Å². The maximum Gasteiger partial charge on any atom is 0.272 e. The number of aromatic amines is 1. The van der Waals surface area contributed by atoms with Crippen LogP contribution < -0.4 is 5.56 Å². The van der Waals surface area contributed by atoms with E-state index in [4.69, 9.17) is 0 Å². The molecule has 0 fully saturated rings. The van der Waals surface area contributed by atoms with Crippen LogP contribution >= 0.6 is 0 Å². The molecule has 6 nitrogen and oxygen atoms in total. The van der Waals surface area contributed by atoms with E-state index < -0.39 is 5.60 Å². The van der Waals surface area contributed by atoms with Gasteiger partial charge in [-0.1, -0.05) is 30.3 Å². The van der Waals surface area contributed by atoms with E-state index in [-0.39, 0.29) is 5.56 Å². The topological polar surface area (TPSA) is 73.6 Å². The van der Waals surface area contributed by atoms with Crippen LogP contribution in [0, 0.1) is 0 Å². The molecule has 0 atom stereocenters. The van der Waals surface area contributed by atoms with E-state index >= 15 is 0 Å².